The van der Waals surface area contributed by atoms with Crippen LogP contribution in [-0.4, -0.2) is 41.9 Å². The Labute approximate surface area is 150 Å². The Morgan fingerprint density at radius 1 is 1.32 bits per heavy atom. The van der Waals surface area contributed by atoms with E-state index in [-0.39, 0.29) is 24.8 Å². The monoisotopic (exact) mass is 359 g/mol. The number of thiazole rings is 1. The van der Waals surface area contributed by atoms with Crippen molar-refractivity contribution in [2.75, 3.05) is 25.5 Å². The van der Waals surface area contributed by atoms with E-state index in [9.17, 15) is 9.59 Å². The van der Waals surface area contributed by atoms with Gasteiger partial charge in [-0.2, -0.15) is 0 Å². The second-order valence-electron chi connectivity index (χ2n) is 6.13. The lowest BCUT2D eigenvalue weighted by atomic mass is 10.1. The molecule has 1 heterocycles. The van der Waals surface area contributed by atoms with Crippen molar-refractivity contribution in [2.24, 2.45) is 5.92 Å². The summed E-state index contributed by atoms with van der Waals surface area (Å²) in [6.07, 6.45) is 4.17. The van der Waals surface area contributed by atoms with Gasteiger partial charge in [0.25, 0.3) is 0 Å². The minimum Gasteiger partial charge on any atom is -0.497 e. The van der Waals surface area contributed by atoms with E-state index in [2.05, 4.69) is 10.3 Å². The molecule has 1 aliphatic rings. The summed E-state index contributed by atoms with van der Waals surface area (Å²) in [6.45, 7) is 0.700. The topological polar surface area (TPSA) is 71.5 Å². The largest absolute Gasteiger partial charge is 0.497 e. The highest BCUT2D eigenvalue weighted by Gasteiger charge is 2.28. The number of anilines is 1. The zero-order valence-corrected chi connectivity index (χ0v) is 14.9. The number of benzene rings is 1. The number of nitrogens with one attached hydrogen (secondary N) is 1. The SMILES string of the molecule is COc1ccc(CC(=O)N(CC(=O)Nc2nccs2)CC2CC2)cc1. The molecule has 1 N–H and O–H groups in total. The van der Waals surface area contributed by atoms with Crippen molar-refractivity contribution in [3.63, 3.8) is 0 Å². The molecule has 2 aromatic rings. The molecule has 0 unspecified atom stereocenters. The van der Waals surface area contributed by atoms with Crippen LogP contribution in [0.3, 0.4) is 0 Å². The predicted octanol–water partition coefficient (Wildman–Crippen LogP) is 2.57. The molecular formula is C18H21N3O3S. The van der Waals surface area contributed by atoms with E-state index in [0.717, 1.165) is 24.2 Å². The highest BCUT2D eigenvalue weighted by Crippen LogP contribution is 2.30. The van der Waals surface area contributed by atoms with Crippen molar-refractivity contribution in [3.05, 3.63) is 41.4 Å². The summed E-state index contributed by atoms with van der Waals surface area (Å²) in [6, 6.07) is 7.43. The smallest absolute Gasteiger partial charge is 0.245 e. The van der Waals surface area contributed by atoms with Crippen LogP contribution in [0.2, 0.25) is 0 Å². The van der Waals surface area contributed by atoms with Crippen molar-refractivity contribution < 1.29 is 14.3 Å². The first-order chi connectivity index (χ1) is 12.1. The van der Waals surface area contributed by atoms with Crippen molar-refractivity contribution >= 4 is 28.3 Å². The van der Waals surface area contributed by atoms with Crippen LogP contribution >= 0.6 is 11.3 Å². The van der Waals surface area contributed by atoms with Crippen LogP contribution in [-0.2, 0) is 16.0 Å². The lowest BCUT2D eigenvalue weighted by molar-refractivity contribution is -0.134. The first kappa shape index (κ1) is 17.4. The van der Waals surface area contributed by atoms with Crippen LogP contribution < -0.4 is 10.1 Å². The van der Waals surface area contributed by atoms with Crippen molar-refractivity contribution in [1.82, 2.24) is 9.88 Å². The van der Waals surface area contributed by atoms with E-state index in [1.807, 2.05) is 24.3 Å². The van der Waals surface area contributed by atoms with Gasteiger partial charge in [-0.05, 0) is 36.5 Å². The molecule has 7 heteroatoms. The number of methoxy groups -OCH3 is 1. The Balaban J connectivity index is 1.60. The second-order valence-corrected chi connectivity index (χ2v) is 7.02. The first-order valence-electron chi connectivity index (χ1n) is 8.24. The zero-order chi connectivity index (χ0) is 17.6. The fourth-order valence-electron chi connectivity index (χ4n) is 2.51. The van der Waals surface area contributed by atoms with Crippen molar-refractivity contribution in [2.45, 2.75) is 19.3 Å². The predicted molar refractivity (Wildman–Crippen MR) is 96.7 cm³/mol. The van der Waals surface area contributed by atoms with Gasteiger partial charge < -0.3 is 15.0 Å². The number of carbonyl (C=O) groups excluding carboxylic acids is 2. The number of rotatable bonds is 8. The van der Waals surface area contributed by atoms with Gasteiger partial charge in [-0.25, -0.2) is 4.98 Å². The normalized spacial score (nSPS) is 13.3. The Morgan fingerprint density at radius 2 is 2.08 bits per heavy atom. The summed E-state index contributed by atoms with van der Waals surface area (Å²) < 4.78 is 5.13. The minimum absolute atomic E-state index is 0.0358. The highest BCUT2D eigenvalue weighted by atomic mass is 32.1. The van der Waals surface area contributed by atoms with E-state index < -0.39 is 0 Å². The van der Waals surface area contributed by atoms with Gasteiger partial charge in [-0.3, -0.25) is 9.59 Å². The molecule has 0 bridgehead atoms. The third-order valence-electron chi connectivity index (χ3n) is 4.06. The van der Waals surface area contributed by atoms with E-state index in [1.54, 1.807) is 23.6 Å². The average Bonchev–Trinajstić information content (AvgIpc) is 3.28. The number of carbonyl (C=O) groups is 2. The minimum atomic E-state index is -0.210. The molecular weight excluding hydrogens is 338 g/mol. The Bertz CT molecular complexity index is 712. The van der Waals surface area contributed by atoms with Crippen molar-refractivity contribution in [3.8, 4) is 5.75 Å². The molecule has 1 aromatic carbocycles. The van der Waals surface area contributed by atoms with Gasteiger partial charge in [0.1, 0.15) is 5.75 Å². The summed E-state index contributed by atoms with van der Waals surface area (Å²) >= 11 is 1.36. The van der Waals surface area contributed by atoms with E-state index >= 15 is 0 Å². The number of ether oxygens (including phenoxy) is 1. The summed E-state index contributed by atoms with van der Waals surface area (Å²) in [5.74, 6) is 1.03. The van der Waals surface area contributed by atoms with Gasteiger partial charge in [-0.1, -0.05) is 12.1 Å². The van der Waals surface area contributed by atoms with Gasteiger partial charge in [0.15, 0.2) is 5.13 Å². The van der Waals surface area contributed by atoms with E-state index in [1.165, 1.54) is 11.3 Å². The number of hydrogen-bond acceptors (Lipinski definition) is 5. The van der Waals surface area contributed by atoms with E-state index in [4.69, 9.17) is 4.74 Å². The molecule has 2 amide bonds. The fourth-order valence-corrected chi connectivity index (χ4v) is 3.06. The quantitative estimate of drug-likeness (QED) is 0.786. The molecule has 1 saturated carbocycles. The third-order valence-corrected chi connectivity index (χ3v) is 4.74. The number of hydrogen-bond donors (Lipinski definition) is 1. The van der Waals surface area contributed by atoms with Gasteiger partial charge in [0, 0.05) is 18.1 Å². The maximum atomic E-state index is 12.7. The van der Waals surface area contributed by atoms with Crippen molar-refractivity contribution in [1.29, 1.82) is 0 Å². The molecule has 0 aliphatic heterocycles. The number of aromatic nitrogens is 1. The molecule has 0 saturated heterocycles. The Kier molecular flexibility index (Phi) is 5.65. The fraction of sp³-hybridized carbons (Fsp3) is 0.389. The summed E-state index contributed by atoms with van der Waals surface area (Å²) in [5.41, 5.74) is 0.909. The maximum Gasteiger partial charge on any atom is 0.245 e. The maximum absolute atomic E-state index is 12.7. The average molecular weight is 359 g/mol. The van der Waals surface area contributed by atoms with Gasteiger partial charge in [0.2, 0.25) is 11.8 Å². The van der Waals surface area contributed by atoms with Crippen LogP contribution in [0.5, 0.6) is 5.75 Å². The Hall–Kier alpha value is -2.41. The number of nitrogens with zero attached hydrogens (tertiary/aromatic N) is 2. The van der Waals surface area contributed by atoms with Gasteiger partial charge in [0.05, 0.1) is 20.1 Å². The van der Waals surface area contributed by atoms with Crippen LogP contribution in [0, 0.1) is 5.92 Å². The lowest BCUT2D eigenvalue weighted by Crippen LogP contribution is -2.40. The van der Waals surface area contributed by atoms with Crippen LogP contribution in [0.4, 0.5) is 5.13 Å². The standard InChI is InChI=1S/C18H21N3O3S/c1-24-15-6-4-13(5-7-15)10-17(23)21(11-14-2-3-14)12-16(22)20-18-19-8-9-25-18/h4-9,14H,2-3,10-12H2,1H3,(H,19,20,22). The molecule has 6 nitrogen and oxygen atoms in total. The molecule has 1 fully saturated rings. The lowest BCUT2D eigenvalue weighted by Gasteiger charge is -2.22. The molecule has 1 aromatic heterocycles. The summed E-state index contributed by atoms with van der Waals surface area (Å²) in [5, 5.41) is 5.09. The van der Waals surface area contributed by atoms with Gasteiger partial charge >= 0.3 is 0 Å². The zero-order valence-electron chi connectivity index (χ0n) is 14.1. The molecule has 0 atom stereocenters. The molecule has 1 aliphatic carbocycles. The Morgan fingerprint density at radius 3 is 2.68 bits per heavy atom. The first-order valence-corrected chi connectivity index (χ1v) is 9.12. The molecule has 0 radical (unpaired) electrons. The summed E-state index contributed by atoms with van der Waals surface area (Å²) in [7, 11) is 1.61. The molecule has 3 rings (SSSR count). The molecule has 132 valence electrons. The third kappa shape index (κ3) is 5.29. The molecule has 25 heavy (non-hydrogen) atoms. The van der Waals surface area contributed by atoms with Crippen LogP contribution in [0.1, 0.15) is 18.4 Å². The molecule has 0 spiro atoms. The van der Waals surface area contributed by atoms with Crippen LogP contribution in [0.25, 0.3) is 0 Å². The van der Waals surface area contributed by atoms with E-state index in [0.29, 0.717) is 17.6 Å². The van der Waals surface area contributed by atoms with Crippen LogP contribution in [0.15, 0.2) is 35.8 Å². The number of amides is 2. The second kappa shape index (κ2) is 8.11. The van der Waals surface area contributed by atoms with Gasteiger partial charge in [-0.15, -0.1) is 11.3 Å². The highest BCUT2D eigenvalue weighted by molar-refractivity contribution is 7.13. The summed E-state index contributed by atoms with van der Waals surface area (Å²) in [4.78, 5) is 30.6.